The molecule has 1 aromatic rings. The van der Waals surface area contributed by atoms with E-state index in [0.29, 0.717) is 11.7 Å². The number of nitrogens with one attached hydrogen (secondary N) is 1. The van der Waals surface area contributed by atoms with E-state index >= 15 is 0 Å². The molecule has 102 valence electrons. The molecule has 7 nitrogen and oxygen atoms in total. The molecule has 0 saturated carbocycles. The van der Waals surface area contributed by atoms with Gasteiger partial charge in [-0.1, -0.05) is 25.6 Å². The number of hydrogen-bond donors (Lipinski definition) is 1. The number of tetrazole rings is 1. The summed E-state index contributed by atoms with van der Waals surface area (Å²) < 4.78 is 1.65. The largest absolute Gasteiger partial charge is 0.549 e. The molecule has 0 aromatic carbocycles. The van der Waals surface area contributed by atoms with Gasteiger partial charge in [-0.25, -0.2) is 4.68 Å². The standard InChI is InChI=1S/C10H19N5O2S/c1-10(2,6-14(3)4)7-15-9(11-12-13-15)18-5-8(16)17/h5-7H2,1-4H3,(H,16,17). The number of nitrogens with zero attached hydrogens (tertiary/aromatic N) is 4. The molecule has 0 amide bonds. The van der Waals surface area contributed by atoms with Gasteiger partial charge in [-0.15, -0.1) is 5.10 Å². The molecule has 0 spiro atoms. The van der Waals surface area contributed by atoms with Crippen LogP contribution in [0.2, 0.25) is 0 Å². The second-order valence-electron chi connectivity index (χ2n) is 5.33. The highest BCUT2D eigenvalue weighted by atomic mass is 32.2. The van der Waals surface area contributed by atoms with Gasteiger partial charge in [-0.3, -0.25) is 0 Å². The molecule has 1 rings (SSSR count). The van der Waals surface area contributed by atoms with Crippen LogP contribution in [0.25, 0.3) is 0 Å². The first-order valence-corrected chi connectivity index (χ1v) is 6.66. The fourth-order valence-electron chi connectivity index (χ4n) is 1.94. The normalized spacial score (nSPS) is 12.1. The monoisotopic (exact) mass is 273 g/mol. The van der Waals surface area contributed by atoms with Gasteiger partial charge in [0.05, 0.1) is 33.2 Å². The summed E-state index contributed by atoms with van der Waals surface area (Å²) in [5.41, 5.74) is 0.0327. The SMILES string of the molecule is C[NH+](C)CC(C)(C)Cn1nnnc1SCC(=O)[O-]. The van der Waals surface area contributed by atoms with E-state index in [1.54, 1.807) is 4.68 Å². The smallest absolute Gasteiger partial charge is 0.209 e. The summed E-state index contributed by atoms with van der Waals surface area (Å²) in [6.45, 7) is 5.89. The van der Waals surface area contributed by atoms with Gasteiger partial charge >= 0.3 is 0 Å². The zero-order valence-corrected chi connectivity index (χ0v) is 12.0. The van der Waals surface area contributed by atoms with Crippen molar-refractivity contribution in [3.05, 3.63) is 0 Å². The number of carboxylic acids is 1. The van der Waals surface area contributed by atoms with Crippen molar-refractivity contribution in [2.45, 2.75) is 25.5 Å². The molecule has 1 heterocycles. The predicted octanol–water partition coefficient (Wildman–Crippen LogP) is -2.31. The summed E-state index contributed by atoms with van der Waals surface area (Å²) in [7, 11) is 4.18. The van der Waals surface area contributed by atoms with Crippen LogP contribution in [0.3, 0.4) is 0 Å². The molecule has 8 heteroatoms. The molecule has 1 N–H and O–H groups in total. The fraction of sp³-hybridized carbons (Fsp3) is 0.800. The average molecular weight is 273 g/mol. The minimum atomic E-state index is -1.12. The molecule has 0 fully saturated rings. The first-order chi connectivity index (χ1) is 8.30. The van der Waals surface area contributed by atoms with Crippen molar-refractivity contribution in [1.82, 2.24) is 20.2 Å². The lowest BCUT2D eigenvalue weighted by atomic mass is 9.93. The molecule has 18 heavy (non-hydrogen) atoms. The Morgan fingerprint density at radius 1 is 1.50 bits per heavy atom. The lowest BCUT2D eigenvalue weighted by Crippen LogP contribution is -3.07. The van der Waals surface area contributed by atoms with E-state index in [9.17, 15) is 9.90 Å². The maximum atomic E-state index is 10.4. The van der Waals surface area contributed by atoms with Crippen LogP contribution in [-0.2, 0) is 11.3 Å². The Bertz CT molecular complexity index is 405. The Balaban J connectivity index is 2.67. The van der Waals surface area contributed by atoms with Crippen molar-refractivity contribution in [2.75, 3.05) is 26.4 Å². The van der Waals surface area contributed by atoms with Crippen molar-refractivity contribution in [2.24, 2.45) is 5.41 Å². The van der Waals surface area contributed by atoms with Gasteiger partial charge in [-0.2, -0.15) is 0 Å². The van der Waals surface area contributed by atoms with Crippen LogP contribution < -0.4 is 10.0 Å². The maximum Gasteiger partial charge on any atom is 0.209 e. The Hall–Kier alpha value is -1.15. The number of carboxylic acid groups (broad SMARTS) is 1. The van der Waals surface area contributed by atoms with Crippen molar-refractivity contribution < 1.29 is 14.8 Å². The van der Waals surface area contributed by atoms with Crippen LogP contribution in [0.15, 0.2) is 5.16 Å². The topological polar surface area (TPSA) is 88.2 Å². The van der Waals surface area contributed by atoms with Crippen molar-refractivity contribution in [3.8, 4) is 0 Å². The highest BCUT2D eigenvalue weighted by molar-refractivity contribution is 7.99. The van der Waals surface area contributed by atoms with Crippen molar-refractivity contribution in [3.63, 3.8) is 0 Å². The molecule has 0 aliphatic heterocycles. The van der Waals surface area contributed by atoms with Crippen LogP contribution >= 0.6 is 11.8 Å². The fourth-order valence-corrected chi connectivity index (χ4v) is 2.53. The summed E-state index contributed by atoms with van der Waals surface area (Å²) in [4.78, 5) is 11.8. The third-order valence-corrected chi connectivity index (χ3v) is 3.16. The number of thioether (sulfide) groups is 1. The van der Waals surface area contributed by atoms with Gasteiger partial charge in [0, 0.05) is 11.2 Å². The van der Waals surface area contributed by atoms with E-state index in [-0.39, 0.29) is 11.2 Å². The molecule has 0 radical (unpaired) electrons. The molecule has 0 saturated heterocycles. The summed E-state index contributed by atoms with van der Waals surface area (Å²) >= 11 is 1.08. The van der Waals surface area contributed by atoms with E-state index in [1.807, 2.05) is 0 Å². The number of aromatic nitrogens is 4. The third kappa shape index (κ3) is 5.01. The van der Waals surface area contributed by atoms with Crippen LogP contribution in [0, 0.1) is 5.41 Å². The molecule has 0 unspecified atom stereocenters. The van der Waals surface area contributed by atoms with E-state index in [1.165, 1.54) is 4.90 Å². The van der Waals surface area contributed by atoms with E-state index in [0.717, 1.165) is 18.3 Å². The molecule has 0 atom stereocenters. The van der Waals surface area contributed by atoms with Gasteiger partial charge in [0.15, 0.2) is 0 Å². The van der Waals surface area contributed by atoms with Crippen molar-refractivity contribution in [1.29, 1.82) is 0 Å². The molecule has 1 aromatic heterocycles. The average Bonchev–Trinajstić information content (AvgIpc) is 2.59. The number of hydrogen-bond acceptors (Lipinski definition) is 6. The first kappa shape index (κ1) is 14.9. The number of carbonyl (C=O) groups is 1. The van der Waals surface area contributed by atoms with Gasteiger partial charge in [0.25, 0.3) is 0 Å². The highest BCUT2D eigenvalue weighted by Gasteiger charge is 2.24. The second-order valence-corrected chi connectivity index (χ2v) is 6.27. The van der Waals surface area contributed by atoms with E-state index < -0.39 is 5.97 Å². The lowest BCUT2D eigenvalue weighted by Gasteiger charge is -2.25. The van der Waals surface area contributed by atoms with Crippen LogP contribution in [0.5, 0.6) is 0 Å². The molecular formula is C10H19N5O2S. The zero-order chi connectivity index (χ0) is 13.8. The van der Waals surface area contributed by atoms with E-state index in [4.69, 9.17) is 0 Å². The predicted molar refractivity (Wildman–Crippen MR) is 65.0 cm³/mol. The lowest BCUT2D eigenvalue weighted by molar-refractivity contribution is -0.865. The Morgan fingerprint density at radius 2 is 2.17 bits per heavy atom. The van der Waals surface area contributed by atoms with Crippen LogP contribution in [0.1, 0.15) is 13.8 Å². The minimum Gasteiger partial charge on any atom is -0.549 e. The molecule has 0 aliphatic carbocycles. The van der Waals surface area contributed by atoms with Crippen molar-refractivity contribution >= 4 is 17.7 Å². The van der Waals surface area contributed by atoms with Gasteiger partial charge in [0.2, 0.25) is 5.16 Å². The Labute approximate surface area is 111 Å². The van der Waals surface area contributed by atoms with Gasteiger partial charge in [0.1, 0.15) is 0 Å². The maximum absolute atomic E-state index is 10.4. The summed E-state index contributed by atoms with van der Waals surface area (Å²) in [5.74, 6) is -1.26. The number of aliphatic carboxylic acids is 1. The summed E-state index contributed by atoms with van der Waals surface area (Å²) in [6, 6.07) is 0. The zero-order valence-electron chi connectivity index (χ0n) is 11.1. The summed E-state index contributed by atoms with van der Waals surface area (Å²) in [6.07, 6.45) is 0. The van der Waals surface area contributed by atoms with Gasteiger partial charge < -0.3 is 14.8 Å². The Morgan fingerprint density at radius 3 is 2.72 bits per heavy atom. The molecule has 0 bridgehead atoms. The number of carbonyl (C=O) groups excluding carboxylic acids is 1. The van der Waals surface area contributed by atoms with Crippen LogP contribution in [-0.4, -0.2) is 52.6 Å². The van der Waals surface area contributed by atoms with Crippen LogP contribution in [0.4, 0.5) is 0 Å². The van der Waals surface area contributed by atoms with Gasteiger partial charge in [-0.05, 0) is 10.4 Å². The quantitative estimate of drug-likeness (QED) is 0.561. The highest BCUT2D eigenvalue weighted by Crippen LogP contribution is 2.19. The number of quaternary nitrogens is 1. The summed E-state index contributed by atoms with van der Waals surface area (Å²) in [5, 5.41) is 22.2. The minimum absolute atomic E-state index is 0.0327. The third-order valence-electron chi connectivity index (χ3n) is 2.23. The second kappa shape index (κ2) is 6.14. The number of rotatable bonds is 7. The molecular weight excluding hydrogens is 254 g/mol. The Kier molecular flexibility index (Phi) is 5.09. The van der Waals surface area contributed by atoms with E-state index in [2.05, 4.69) is 43.5 Å². The first-order valence-electron chi connectivity index (χ1n) is 5.68. The molecule has 0 aliphatic rings.